The second-order valence-electron chi connectivity index (χ2n) is 10.2. The molecule has 0 heterocycles. The van der Waals surface area contributed by atoms with E-state index in [0.29, 0.717) is 33.2 Å². The maximum absolute atomic E-state index is 11.1. The molecule has 3 saturated carbocycles. The molecule has 0 aromatic carbocycles. The largest absolute Gasteiger partial charge is 0.466 e. The van der Waals surface area contributed by atoms with Crippen molar-refractivity contribution in [3.8, 4) is 0 Å². The SMILES string of the molecule is CC(=O)OCCCC1C2C(CCC1(C)C)[C@@]1(C)CC[C@H](O)CC1C[C@@H]2I. The molecule has 3 aliphatic carbocycles. The summed E-state index contributed by atoms with van der Waals surface area (Å²) < 4.78 is 5.92. The topological polar surface area (TPSA) is 46.5 Å². The van der Waals surface area contributed by atoms with Crippen LogP contribution >= 0.6 is 22.6 Å². The molecule has 26 heavy (non-hydrogen) atoms. The molecule has 1 N–H and O–H groups in total. The lowest BCUT2D eigenvalue weighted by atomic mass is 9.44. The maximum atomic E-state index is 11.1. The number of aliphatic hydroxyl groups excluding tert-OH is 1. The van der Waals surface area contributed by atoms with Crippen LogP contribution in [0.15, 0.2) is 0 Å². The number of carbonyl (C=O) groups is 1. The maximum Gasteiger partial charge on any atom is 0.302 e. The minimum Gasteiger partial charge on any atom is -0.466 e. The number of halogens is 1. The van der Waals surface area contributed by atoms with Crippen molar-refractivity contribution in [1.82, 2.24) is 0 Å². The highest BCUT2D eigenvalue weighted by molar-refractivity contribution is 14.1. The smallest absolute Gasteiger partial charge is 0.302 e. The van der Waals surface area contributed by atoms with Crippen molar-refractivity contribution in [3.63, 3.8) is 0 Å². The van der Waals surface area contributed by atoms with E-state index >= 15 is 0 Å². The summed E-state index contributed by atoms with van der Waals surface area (Å²) in [6.07, 6.45) is 9.20. The van der Waals surface area contributed by atoms with E-state index in [4.69, 9.17) is 4.74 Å². The van der Waals surface area contributed by atoms with E-state index in [1.54, 1.807) is 0 Å². The van der Waals surface area contributed by atoms with Crippen LogP contribution in [0.3, 0.4) is 0 Å². The molecular formula is C22H37IO3. The number of fused-ring (bicyclic) bond motifs is 3. The minimum atomic E-state index is -0.161. The van der Waals surface area contributed by atoms with Gasteiger partial charge < -0.3 is 9.84 Å². The van der Waals surface area contributed by atoms with Crippen LogP contribution in [0.2, 0.25) is 0 Å². The van der Waals surface area contributed by atoms with Gasteiger partial charge in [-0.1, -0.05) is 43.4 Å². The molecule has 3 aliphatic rings. The van der Waals surface area contributed by atoms with E-state index in [1.165, 1.54) is 39.0 Å². The molecule has 4 unspecified atom stereocenters. The molecule has 0 radical (unpaired) electrons. The summed E-state index contributed by atoms with van der Waals surface area (Å²) in [5, 5.41) is 10.2. The summed E-state index contributed by atoms with van der Waals surface area (Å²) >= 11 is 2.73. The molecule has 0 saturated heterocycles. The molecule has 3 fully saturated rings. The number of hydrogen-bond acceptors (Lipinski definition) is 3. The van der Waals surface area contributed by atoms with Crippen LogP contribution in [-0.4, -0.2) is 27.7 Å². The van der Waals surface area contributed by atoms with Crippen molar-refractivity contribution < 1.29 is 14.6 Å². The Kier molecular flexibility index (Phi) is 6.33. The first-order valence-electron chi connectivity index (χ1n) is 10.6. The fourth-order valence-corrected chi connectivity index (χ4v) is 8.38. The highest BCUT2D eigenvalue weighted by Gasteiger charge is 2.58. The third-order valence-corrected chi connectivity index (χ3v) is 9.62. The van der Waals surface area contributed by atoms with Gasteiger partial charge in [0.1, 0.15) is 0 Å². The Labute approximate surface area is 173 Å². The van der Waals surface area contributed by atoms with Crippen molar-refractivity contribution in [3.05, 3.63) is 0 Å². The average Bonchev–Trinajstić information content (AvgIpc) is 2.54. The standard InChI is InChI=1S/C22H37IO3/c1-14(24)26-11-5-6-17-20-18(8-9-21(17,2)3)22(4)10-7-16(25)12-15(22)13-19(20)23/h15-20,25H,5-13H2,1-4H3/t15?,16-,17?,18?,19-,20?,22-/m0/s1. The fourth-order valence-electron chi connectivity index (χ4n) is 6.76. The number of hydrogen-bond donors (Lipinski definition) is 1. The van der Waals surface area contributed by atoms with Gasteiger partial charge in [-0.2, -0.15) is 0 Å². The zero-order valence-corrected chi connectivity index (χ0v) is 19.1. The normalized spacial score (nSPS) is 44.7. The predicted octanol–water partition coefficient (Wildman–Crippen LogP) is 5.37. The van der Waals surface area contributed by atoms with Gasteiger partial charge in [-0.05, 0) is 85.9 Å². The molecule has 0 aliphatic heterocycles. The third kappa shape index (κ3) is 3.97. The first-order chi connectivity index (χ1) is 12.1. The number of carbonyl (C=O) groups excluding carboxylic acids is 1. The summed E-state index contributed by atoms with van der Waals surface area (Å²) in [5.41, 5.74) is 0.786. The van der Waals surface area contributed by atoms with Crippen LogP contribution in [0.1, 0.15) is 79.1 Å². The Morgan fingerprint density at radius 1 is 1.19 bits per heavy atom. The van der Waals surface area contributed by atoms with E-state index in [9.17, 15) is 9.90 Å². The molecule has 150 valence electrons. The van der Waals surface area contributed by atoms with Crippen LogP contribution in [0.25, 0.3) is 0 Å². The van der Waals surface area contributed by atoms with Crippen molar-refractivity contribution in [2.45, 2.75) is 89.1 Å². The fraction of sp³-hybridized carbons (Fsp3) is 0.955. The van der Waals surface area contributed by atoms with Crippen LogP contribution < -0.4 is 0 Å². The van der Waals surface area contributed by atoms with Crippen LogP contribution in [0.4, 0.5) is 0 Å². The monoisotopic (exact) mass is 476 g/mol. The van der Waals surface area contributed by atoms with Gasteiger partial charge in [-0.3, -0.25) is 4.79 Å². The lowest BCUT2D eigenvalue weighted by Gasteiger charge is -2.62. The summed E-state index contributed by atoms with van der Waals surface area (Å²) in [6.45, 7) is 9.53. The first kappa shape index (κ1) is 20.9. The van der Waals surface area contributed by atoms with Gasteiger partial charge in [-0.25, -0.2) is 0 Å². The highest BCUT2D eigenvalue weighted by atomic mass is 127. The molecule has 0 spiro atoms. The minimum absolute atomic E-state index is 0.0761. The van der Waals surface area contributed by atoms with Crippen LogP contribution in [-0.2, 0) is 9.53 Å². The lowest BCUT2D eigenvalue weighted by molar-refractivity contribution is -0.141. The molecule has 3 rings (SSSR count). The second kappa shape index (κ2) is 7.88. The Morgan fingerprint density at radius 2 is 1.92 bits per heavy atom. The Hall–Kier alpha value is 0.160. The number of ether oxygens (including phenoxy) is 1. The number of esters is 1. The van der Waals surface area contributed by atoms with E-state index in [-0.39, 0.29) is 12.1 Å². The van der Waals surface area contributed by atoms with Gasteiger partial charge in [0, 0.05) is 10.8 Å². The van der Waals surface area contributed by atoms with Crippen LogP contribution in [0, 0.1) is 34.5 Å². The quantitative estimate of drug-likeness (QED) is 0.257. The van der Waals surface area contributed by atoms with Crippen molar-refractivity contribution >= 4 is 28.6 Å². The van der Waals surface area contributed by atoms with Crippen molar-refractivity contribution in [2.75, 3.05) is 6.61 Å². The summed E-state index contributed by atoms with van der Waals surface area (Å²) in [6, 6.07) is 0. The van der Waals surface area contributed by atoms with Crippen molar-refractivity contribution in [1.29, 1.82) is 0 Å². The summed E-state index contributed by atoms with van der Waals surface area (Å²) in [5.74, 6) is 2.81. The predicted molar refractivity (Wildman–Crippen MR) is 113 cm³/mol. The van der Waals surface area contributed by atoms with Crippen molar-refractivity contribution in [2.24, 2.45) is 34.5 Å². The van der Waals surface area contributed by atoms with Gasteiger partial charge in [0.15, 0.2) is 0 Å². The van der Waals surface area contributed by atoms with E-state index in [1.807, 2.05) is 0 Å². The van der Waals surface area contributed by atoms with Gasteiger partial charge >= 0.3 is 5.97 Å². The Balaban J connectivity index is 1.78. The molecule has 4 heteroatoms. The molecule has 0 amide bonds. The number of aliphatic hydroxyl groups is 1. The van der Waals surface area contributed by atoms with Crippen LogP contribution in [0.5, 0.6) is 0 Å². The third-order valence-electron chi connectivity index (χ3n) is 8.28. The van der Waals surface area contributed by atoms with Gasteiger partial charge in [-0.15, -0.1) is 0 Å². The Morgan fingerprint density at radius 3 is 2.62 bits per heavy atom. The number of alkyl halides is 1. The van der Waals surface area contributed by atoms with Gasteiger partial charge in [0.25, 0.3) is 0 Å². The average molecular weight is 476 g/mol. The zero-order chi connectivity index (χ0) is 19.1. The highest BCUT2D eigenvalue weighted by Crippen LogP contribution is 2.64. The first-order valence-corrected chi connectivity index (χ1v) is 11.8. The second-order valence-corrected chi connectivity index (χ2v) is 11.8. The molecule has 3 nitrogen and oxygen atoms in total. The number of rotatable bonds is 4. The van der Waals surface area contributed by atoms with Gasteiger partial charge in [0.05, 0.1) is 12.7 Å². The van der Waals surface area contributed by atoms with Gasteiger partial charge in [0.2, 0.25) is 0 Å². The summed E-state index contributed by atoms with van der Waals surface area (Å²) in [7, 11) is 0. The molecule has 7 atom stereocenters. The summed E-state index contributed by atoms with van der Waals surface area (Å²) in [4.78, 5) is 11.1. The van der Waals surface area contributed by atoms with E-state index in [0.717, 1.165) is 31.1 Å². The molecule has 0 bridgehead atoms. The van der Waals surface area contributed by atoms with E-state index < -0.39 is 0 Å². The molecule has 0 aromatic heterocycles. The molecule has 0 aromatic rings. The Bertz CT molecular complexity index is 520. The van der Waals surface area contributed by atoms with E-state index in [2.05, 4.69) is 43.4 Å². The zero-order valence-electron chi connectivity index (χ0n) is 17.0. The lowest BCUT2D eigenvalue weighted by Crippen LogP contribution is -2.57. The molecular weight excluding hydrogens is 439 g/mol.